The molecule has 0 saturated carbocycles. The van der Waals surface area contributed by atoms with Crippen molar-refractivity contribution in [1.82, 2.24) is 10.7 Å². The van der Waals surface area contributed by atoms with Crippen LogP contribution in [-0.4, -0.2) is 37.7 Å². The van der Waals surface area contributed by atoms with Crippen molar-refractivity contribution >= 4 is 23.4 Å². The molecule has 164 valence electrons. The van der Waals surface area contributed by atoms with Crippen molar-refractivity contribution in [2.24, 2.45) is 5.10 Å². The lowest BCUT2D eigenvalue weighted by molar-refractivity contribution is -0.142. The third-order valence-corrected chi connectivity index (χ3v) is 4.45. The molecule has 3 rings (SSSR count). The number of nitrogens with zero attached hydrogens (tertiary/aromatic N) is 1. The predicted octanol–water partition coefficient (Wildman–Crippen LogP) is 2.56. The highest BCUT2D eigenvalue weighted by Crippen LogP contribution is 2.36. The van der Waals surface area contributed by atoms with Crippen LogP contribution in [-0.2, 0) is 16.0 Å². The number of hydrogen-bond donors (Lipinski definition) is 3. The minimum absolute atomic E-state index is 0.0150. The van der Waals surface area contributed by atoms with E-state index in [1.54, 1.807) is 36.4 Å². The lowest BCUT2D eigenvalue weighted by Gasteiger charge is -2.14. The fourth-order valence-corrected chi connectivity index (χ4v) is 3.00. The zero-order valence-electron chi connectivity index (χ0n) is 17.6. The first-order valence-electron chi connectivity index (χ1n) is 10.1. The summed E-state index contributed by atoms with van der Waals surface area (Å²) in [5.41, 5.74) is 11.3. The number of fused-ring (bicyclic) bond motifs is 1. The maximum atomic E-state index is 12.3. The first kappa shape index (κ1) is 21.9. The van der Waals surface area contributed by atoms with E-state index < -0.39 is 6.03 Å². The molecule has 31 heavy (non-hydrogen) atoms. The van der Waals surface area contributed by atoms with Crippen LogP contribution in [0.5, 0.6) is 11.5 Å². The Labute approximate surface area is 180 Å². The van der Waals surface area contributed by atoms with Gasteiger partial charge in [0, 0.05) is 23.4 Å². The van der Waals surface area contributed by atoms with Crippen LogP contribution in [0.15, 0.2) is 41.5 Å². The van der Waals surface area contributed by atoms with Crippen molar-refractivity contribution < 1.29 is 23.8 Å². The second-order valence-corrected chi connectivity index (χ2v) is 6.81. The monoisotopic (exact) mass is 426 g/mol. The van der Waals surface area contributed by atoms with Crippen LogP contribution in [0.2, 0.25) is 0 Å². The molecule has 4 N–H and O–H groups in total. The van der Waals surface area contributed by atoms with Gasteiger partial charge in [0.05, 0.1) is 18.7 Å². The molecule has 1 aliphatic heterocycles. The fraction of sp³-hybridized carbons (Fsp3) is 0.318. The van der Waals surface area contributed by atoms with Crippen molar-refractivity contribution in [3.05, 3.63) is 53.1 Å². The van der Waals surface area contributed by atoms with Gasteiger partial charge in [0.25, 0.3) is 0 Å². The number of rotatable bonds is 8. The SMILES string of the molecule is CCCOC(=O)Cc1cc2c(cc1/C(=N\NC(=O)NCC)c1ccc(N)cc1)OCO2. The third-order valence-electron chi connectivity index (χ3n) is 4.45. The van der Waals surface area contributed by atoms with Crippen LogP contribution in [0, 0.1) is 0 Å². The summed E-state index contributed by atoms with van der Waals surface area (Å²) in [6.45, 7) is 4.62. The number of nitrogens with one attached hydrogen (secondary N) is 2. The third kappa shape index (κ3) is 5.65. The Bertz CT molecular complexity index is 973. The maximum absolute atomic E-state index is 12.3. The average molecular weight is 426 g/mol. The summed E-state index contributed by atoms with van der Waals surface area (Å²) in [5, 5.41) is 6.96. The smallest absolute Gasteiger partial charge is 0.335 e. The van der Waals surface area contributed by atoms with Gasteiger partial charge in [0.15, 0.2) is 11.5 Å². The highest BCUT2D eigenvalue weighted by molar-refractivity contribution is 6.14. The minimum atomic E-state index is -0.444. The van der Waals surface area contributed by atoms with Gasteiger partial charge in [0.1, 0.15) is 0 Å². The lowest BCUT2D eigenvalue weighted by atomic mass is 9.95. The summed E-state index contributed by atoms with van der Waals surface area (Å²) < 4.78 is 16.3. The Hall–Kier alpha value is -3.75. The lowest BCUT2D eigenvalue weighted by Crippen LogP contribution is -2.33. The molecular formula is C22H26N4O5. The van der Waals surface area contributed by atoms with E-state index in [-0.39, 0.29) is 19.2 Å². The molecule has 2 aromatic rings. The number of esters is 1. The molecule has 0 fully saturated rings. The Morgan fingerprint density at radius 3 is 2.52 bits per heavy atom. The number of hydrogen-bond acceptors (Lipinski definition) is 7. The van der Waals surface area contributed by atoms with E-state index in [1.165, 1.54) is 0 Å². The van der Waals surface area contributed by atoms with Crippen LogP contribution in [0.1, 0.15) is 37.0 Å². The Kier molecular flexibility index (Phi) is 7.31. The number of urea groups is 1. The Balaban J connectivity index is 2.05. The average Bonchev–Trinajstić information content (AvgIpc) is 3.21. The number of nitrogen functional groups attached to an aromatic ring is 1. The number of benzene rings is 2. The summed E-state index contributed by atoms with van der Waals surface area (Å²) >= 11 is 0. The molecule has 0 bridgehead atoms. The van der Waals surface area contributed by atoms with Crippen molar-refractivity contribution in [3.63, 3.8) is 0 Å². The predicted molar refractivity (Wildman–Crippen MR) is 116 cm³/mol. The number of amides is 2. The fourth-order valence-electron chi connectivity index (χ4n) is 3.00. The molecular weight excluding hydrogens is 400 g/mol. The van der Waals surface area contributed by atoms with Crippen molar-refractivity contribution in [3.8, 4) is 11.5 Å². The molecule has 0 unspecified atom stereocenters. The zero-order chi connectivity index (χ0) is 22.2. The van der Waals surface area contributed by atoms with E-state index in [1.807, 2.05) is 13.8 Å². The number of carbonyl (C=O) groups excluding carboxylic acids is 2. The number of ether oxygens (including phenoxy) is 3. The van der Waals surface area contributed by atoms with Gasteiger partial charge in [-0.15, -0.1) is 0 Å². The van der Waals surface area contributed by atoms with E-state index in [4.69, 9.17) is 19.9 Å². The summed E-state index contributed by atoms with van der Waals surface area (Å²) in [5.74, 6) is 0.701. The first-order chi connectivity index (χ1) is 15.0. The Morgan fingerprint density at radius 1 is 1.13 bits per heavy atom. The van der Waals surface area contributed by atoms with Gasteiger partial charge in [-0.1, -0.05) is 19.1 Å². The van der Waals surface area contributed by atoms with E-state index in [0.717, 1.165) is 6.42 Å². The summed E-state index contributed by atoms with van der Waals surface area (Å²) in [7, 11) is 0. The van der Waals surface area contributed by atoms with Gasteiger partial charge < -0.3 is 25.3 Å². The summed E-state index contributed by atoms with van der Waals surface area (Å²) in [6.07, 6.45) is 0.746. The topological polar surface area (TPSA) is 124 Å². The van der Waals surface area contributed by atoms with E-state index in [9.17, 15) is 9.59 Å². The molecule has 1 heterocycles. The number of carbonyl (C=O) groups is 2. The normalized spacial score (nSPS) is 12.4. The number of hydrazone groups is 1. The van der Waals surface area contributed by atoms with Gasteiger partial charge in [0.2, 0.25) is 6.79 Å². The number of nitrogens with two attached hydrogens (primary N) is 1. The standard InChI is InChI=1S/C22H26N4O5/c1-3-9-29-20(27)11-15-10-18-19(31-13-30-18)12-17(15)21(25-26-22(28)24-4-2)14-5-7-16(23)8-6-14/h5-8,10,12H,3-4,9,11,13,23H2,1-2H3,(H2,24,26,28)/b25-21-. The highest BCUT2D eigenvalue weighted by Gasteiger charge is 2.23. The quantitative estimate of drug-likeness (QED) is 0.258. The molecule has 0 saturated heterocycles. The van der Waals surface area contributed by atoms with Crippen LogP contribution < -0.4 is 25.9 Å². The first-order valence-corrected chi connectivity index (χ1v) is 10.1. The summed E-state index contributed by atoms with van der Waals surface area (Å²) in [4.78, 5) is 24.3. The van der Waals surface area contributed by atoms with Crippen molar-refractivity contribution in [2.75, 3.05) is 25.7 Å². The van der Waals surface area contributed by atoms with Crippen molar-refractivity contribution in [1.29, 1.82) is 0 Å². The molecule has 2 aromatic carbocycles. The van der Waals surface area contributed by atoms with Gasteiger partial charge >= 0.3 is 12.0 Å². The number of anilines is 1. The van der Waals surface area contributed by atoms with Crippen LogP contribution in [0.25, 0.3) is 0 Å². The molecule has 0 atom stereocenters. The van der Waals surface area contributed by atoms with E-state index >= 15 is 0 Å². The van der Waals surface area contributed by atoms with E-state index in [0.29, 0.717) is 52.7 Å². The Morgan fingerprint density at radius 2 is 1.84 bits per heavy atom. The molecule has 9 nitrogen and oxygen atoms in total. The van der Waals surface area contributed by atoms with Gasteiger partial charge in [-0.3, -0.25) is 4.79 Å². The molecule has 0 aliphatic carbocycles. The zero-order valence-corrected chi connectivity index (χ0v) is 17.6. The molecule has 0 spiro atoms. The second kappa shape index (κ2) is 10.3. The molecule has 9 heteroatoms. The highest BCUT2D eigenvalue weighted by atomic mass is 16.7. The van der Waals surface area contributed by atoms with Crippen molar-refractivity contribution in [2.45, 2.75) is 26.7 Å². The summed E-state index contributed by atoms with van der Waals surface area (Å²) in [6, 6.07) is 10.1. The largest absolute Gasteiger partial charge is 0.465 e. The van der Waals surface area contributed by atoms with Gasteiger partial charge in [-0.25, -0.2) is 10.2 Å². The van der Waals surface area contributed by atoms with Crippen LogP contribution in [0.4, 0.5) is 10.5 Å². The minimum Gasteiger partial charge on any atom is -0.465 e. The molecule has 0 radical (unpaired) electrons. The molecule has 2 amide bonds. The van der Waals surface area contributed by atoms with Gasteiger partial charge in [-0.2, -0.15) is 5.10 Å². The molecule has 0 aromatic heterocycles. The van der Waals surface area contributed by atoms with Crippen LogP contribution >= 0.6 is 0 Å². The van der Waals surface area contributed by atoms with Gasteiger partial charge in [-0.05, 0) is 43.2 Å². The molecule has 1 aliphatic rings. The van der Waals surface area contributed by atoms with E-state index in [2.05, 4.69) is 15.8 Å². The second-order valence-electron chi connectivity index (χ2n) is 6.81. The maximum Gasteiger partial charge on any atom is 0.335 e. The van der Waals surface area contributed by atoms with Crippen LogP contribution in [0.3, 0.4) is 0 Å².